The first kappa shape index (κ1) is 14.5. The van der Waals surface area contributed by atoms with Gasteiger partial charge in [0.1, 0.15) is 5.82 Å². The van der Waals surface area contributed by atoms with Crippen molar-refractivity contribution in [1.29, 1.82) is 0 Å². The SMILES string of the molecule is CSCC[C@@H](N)c1nc(-c2ccc(F)cc2Br)no1. The molecule has 0 unspecified atom stereocenters. The zero-order valence-electron chi connectivity index (χ0n) is 10.3. The number of nitrogens with two attached hydrogens (primary N) is 1. The van der Waals surface area contributed by atoms with Gasteiger partial charge in [0.25, 0.3) is 0 Å². The molecule has 2 N–H and O–H groups in total. The van der Waals surface area contributed by atoms with Gasteiger partial charge in [0.15, 0.2) is 0 Å². The minimum Gasteiger partial charge on any atom is -0.337 e. The third kappa shape index (κ3) is 3.55. The van der Waals surface area contributed by atoms with Crippen LogP contribution in [0.15, 0.2) is 27.2 Å². The van der Waals surface area contributed by atoms with Crippen LogP contribution in [-0.2, 0) is 0 Å². The van der Waals surface area contributed by atoms with Crippen LogP contribution in [0, 0.1) is 5.82 Å². The average Bonchev–Trinajstić information content (AvgIpc) is 2.85. The van der Waals surface area contributed by atoms with E-state index in [4.69, 9.17) is 10.3 Å². The molecule has 0 aliphatic carbocycles. The molecule has 1 aromatic carbocycles. The number of hydrogen-bond donors (Lipinski definition) is 1. The van der Waals surface area contributed by atoms with Gasteiger partial charge in [-0.2, -0.15) is 16.7 Å². The maximum Gasteiger partial charge on any atom is 0.243 e. The van der Waals surface area contributed by atoms with Crippen LogP contribution in [0.5, 0.6) is 0 Å². The van der Waals surface area contributed by atoms with Crippen molar-refractivity contribution >= 4 is 27.7 Å². The molecule has 1 heterocycles. The Balaban J connectivity index is 2.20. The molecule has 0 radical (unpaired) electrons. The Bertz CT molecular complexity index is 564. The van der Waals surface area contributed by atoms with Gasteiger partial charge in [-0.25, -0.2) is 4.39 Å². The molecule has 102 valence electrons. The van der Waals surface area contributed by atoms with Gasteiger partial charge >= 0.3 is 0 Å². The lowest BCUT2D eigenvalue weighted by molar-refractivity contribution is 0.353. The fraction of sp³-hybridized carbons (Fsp3) is 0.333. The largest absolute Gasteiger partial charge is 0.337 e. The fourth-order valence-corrected chi connectivity index (χ4v) is 2.55. The number of rotatable bonds is 5. The highest BCUT2D eigenvalue weighted by Crippen LogP contribution is 2.27. The summed E-state index contributed by atoms with van der Waals surface area (Å²) in [6, 6.07) is 4.04. The second-order valence-electron chi connectivity index (χ2n) is 3.97. The van der Waals surface area contributed by atoms with E-state index in [0.717, 1.165) is 12.2 Å². The molecule has 1 atom stereocenters. The molecule has 0 amide bonds. The molecule has 4 nitrogen and oxygen atoms in total. The Morgan fingerprint density at radius 3 is 3.00 bits per heavy atom. The van der Waals surface area contributed by atoms with Gasteiger partial charge in [-0.15, -0.1) is 0 Å². The first-order valence-electron chi connectivity index (χ1n) is 5.65. The highest BCUT2D eigenvalue weighted by molar-refractivity contribution is 9.10. The molecule has 2 aromatic rings. The van der Waals surface area contributed by atoms with E-state index in [-0.39, 0.29) is 11.9 Å². The lowest BCUT2D eigenvalue weighted by Crippen LogP contribution is -2.11. The monoisotopic (exact) mass is 345 g/mol. The van der Waals surface area contributed by atoms with Gasteiger partial charge < -0.3 is 10.3 Å². The summed E-state index contributed by atoms with van der Waals surface area (Å²) < 4.78 is 18.8. The molecule has 7 heteroatoms. The third-order valence-corrected chi connectivity index (χ3v) is 3.86. The van der Waals surface area contributed by atoms with E-state index < -0.39 is 0 Å². The summed E-state index contributed by atoms with van der Waals surface area (Å²) in [5.41, 5.74) is 6.63. The first-order valence-corrected chi connectivity index (χ1v) is 7.84. The molecule has 0 aliphatic heterocycles. The summed E-state index contributed by atoms with van der Waals surface area (Å²) >= 11 is 4.99. The summed E-state index contributed by atoms with van der Waals surface area (Å²) in [6.07, 6.45) is 2.79. The number of halogens is 2. The quantitative estimate of drug-likeness (QED) is 0.899. The maximum absolute atomic E-state index is 13.0. The van der Waals surface area contributed by atoms with Crippen molar-refractivity contribution in [2.75, 3.05) is 12.0 Å². The highest BCUT2D eigenvalue weighted by atomic mass is 79.9. The summed E-state index contributed by atoms with van der Waals surface area (Å²) in [7, 11) is 0. The normalized spacial score (nSPS) is 12.6. The topological polar surface area (TPSA) is 64.9 Å². The van der Waals surface area contributed by atoms with Crippen LogP contribution >= 0.6 is 27.7 Å². The summed E-state index contributed by atoms with van der Waals surface area (Å²) in [6.45, 7) is 0. The predicted octanol–water partition coefficient (Wildman–Crippen LogP) is 3.39. The Morgan fingerprint density at radius 2 is 2.32 bits per heavy atom. The lowest BCUT2D eigenvalue weighted by atomic mass is 10.2. The van der Waals surface area contributed by atoms with Crippen LogP contribution in [0.3, 0.4) is 0 Å². The predicted molar refractivity (Wildman–Crippen MR) is 77.3 cm³/mol. The van der Waals surface area contributed by atoms with E-state index in [1.807, 2.05) is 6.26 Å². The standard InChI is InChI=1S/C12H13BrFN3OS/c1-19-5-4-10(15)12-16-11(17-18-12)8-3-2-7(14)6-9(8)13/h2-3,6,10H,4-5,15H2,1H3/t10-/m1/s1. The van der Waals surface area contributed by atoms with Crippen molar-refractivity contribution in [3.8, 4) is 11.4 Å². The highest BCUT2D eigenvalue weighted by Gasteiger charge is 2.16. The van der Waals surface area contributed by atoms with Crippen LogP contribution in [0.2, 0.25) is 0 Å². The Morgan fingerprint density at radius 1 is 1.53 bits per heavy atom. The summed E-state index contributed by atoms with van der Waals surface area (Å²) in [4.78, 5) is 4.26. The van der Waals surface area contributed by atoms with E-state index in [1.165, 1.54) is 12.1 Å². The van der Waals surface area contributed by atoms with Crippen molar-refractivity contribution in [3.05, 3.63) is 34.4 Å². The molecular formula is C12H13BrFN3OS. The van der Waals surface area contributed by atoms with Gasteiger partial charge in [0.2, 0.25) is 11.7 Å². The van der Waals surface area contributed by atoms with Crippen LogP contribution < -0.4 is 5.73 Å². The summed E-state index contributed by atoms with van der Waals surface area (Å²) in [5, 5.41) is 3.88. The summed E-state index contributed by atoms with van der Waals surface area (Å²) in [5.74, 6) is 1.41. The van der Waals surface area contributed by atoms with Gasteiger partial charge in [-0.1, -0.05) is 5.16 Å². The van der Waals surface area contributed by atoms with Crippen LogP contribution in [0.4, 0.5) is 4.39 Å². The molecule has 0 aliphatic rings. The minimum absolute atomic E-state index is 0.270. The van der Waals surface area contributed by atoms with Crippen molar-refractivity contribution in [3.63, 3.8) is 0 Å². The minimum atomic E-state index is -0.323. The third-order valence-electron chi connectivity index (χ3n) is 2.56. The maximum atomic E-state index is 13.0. The van der Waals surface area contributed by atoms with E-state index in [0.29, 0.717) is 21.8 Å². The first-order chi connectivity index (χ1) is 9.11. The molecule has 2 rings (SSSR count). The Kier molecular flexibility index (Phi) is 4.95. The van der Waals surface area contributed by atoms with E-state index in [1.54, 1.807) is 17.8 Å². The van der Waals surface area contributed by atoms with Gasteiger partial charge in [-0.3, -0.25) is 0 Å². The van der Waals surface area contributed by atoms with E-state index in [9.17, 15) is 4.39 Å². The zero-order valence-corrected chi connectivity index (χ0v) is 12.7. The van der Waals surface area contributed by atoms with Gasteiger partial charge in [-0.05, 0) is 52.6 Å². The fourth-order valence-electron chi connectivity index (χ4n) is 1.53. The second kappa shape index (κ2) is 6.49. The Hall–Kier alpha value is -0.920. The molecule has 0 spiro atoms. The molecule has 0 fully saturated rings. The molecule has 1 aromatic heterocycles. The van der Waals surface area contributed by atoms with Gasteiger partial charge in [0, 0.05) is 10.0 Å². The molecule has 0 saturated heterocycles. The average molecular weight is 346 g/mol. The van der Waals surface area contributed by atoms with Crippen molar-refractivity contribution < 1.29 is 8.91 Å². The van der Waals surface area contributed by atoms with E-state index >= 15 is 0 Å². The smallest absolute Gasteiger partial charge is 0.243 e. The number of benzene rings is 1. The van der Waals surface area contributed by atoms with Crippen LogP contribution in [0.25, 0.3) is 11.4 Å². The number of hydrogen-bond acceptors (Lipinski definition) is 5. The van der Waals surface area contributed by atoms with Crippen LogP contribution in [0.1, 0.15) is 18.4 Å². The molecule has 0 bridgehead atoms. The van der Waals surface area contributed by atoms with Crippen molar-refractivity contribution in [2.24, 2.45) is 5.73 Å². The lowest BCUT2D eigenvalue weighted by Gasteiger charge is -2.03. The van der Waals surface area contributed by atoms with Crippen molar-refractivity contribution in [1.82, 2.24) is 10.1 Å². The molecule has 0 saturated carbocycles. The van der Waals surface area contributed by atoms with Gasteiger partial charge in [0.05, 0.1) is 6.04 Å². The second-order valence-corrected chi connectivity index (χ2v) is 5.81. The van der Waals surface area contributed by atoms with Crippen LogP contribution in [-0.4, -0.2) is 22.1 Å². The molecule has 19 heavy (non-hydrogen) atoms. The molecular weight excluding hydrogens is 333 g/mol. The number of thioether (sulfide) groups is 1. The number of aromatic nitrogens is 2. The van der Waals surface area contributed by atoms with E-state index in [2.05, 4.69) is 26.1 Å². The number of nitrogens with zero attached hydrogens (tertiary/aromatic N) is 2. The zero-order chi connectivity index (χ0) is 13.8. The van der Waals surface area contributed by atoms with Crippen molar-refractivity contribution in [2.45, 2.75) is 12.5 Å². The Labute approximate surface area is 123 Å².